The largest absolute Gasteiger partial charge is 0.331 e. The van der Waals surface area contributed by atoms with Crippen molar-refractivity contribution in [3.8, 4) is 0 Å². The third kappa shape index (κ3) is 3.35. The zero-order valence-electron chi connectivity index (χ0n) is 15.0. The molecule has 0 saturated heterocycles. The van der Waals surface area contributed by atoms with E-state index in [0.29, 0.717) is 28.8 Å². The predicted octanol–water partition coefficient (Wildman–Crippen LogP) is 3.81. The van der Waals surface area contributed by atoms with Gasteiger partial charge in [0.15, 0.2) is 0 Å². The average molecular weight is 353 g/mol. The topological polar surface area (TPSA) is 64.0 Å². The van der Waals surface area contributed by atoms with E-state index in [0.717, 1.165) is 12.1 Å². The Morgan fingerprint density at radius 1 is 1.23 bits per heavy atom. The van der Waals surface area contributed by atoms with E-state index in [-0.39, 0.29) is 16.8 Å². The van der Waals surface area contributed by atoms with Crippen LogP contribution in [0.15, 0.2) is 41.3 Å². The monoisotopic (exact) mass is 353 g/mol. The third-order valence-corrected chi connectivity index (χ3v) is 4.21. The van der Waals surface area contributed by atoms with Crippen LogP contribution in [0.3, 0.4) is 0 Å². The number of aryl methyl sites for hydroxylation is 3. The van der Waals surface area contributed by atoms with Gasteiger partial charge in [0, 0.05) is 24.1 Å². The molecule has 26 heavy (non-hydrogen) atoms. The molecule has 1 amide bonds. The zero-order chi connectivity index (χ0) is 18.8. The van der Waals surface area contributed by atoms with Crippen LogP contribution in [0.5, 0.6) is 0 Å². The molecular weight excluding hydrogens is 333 g/mol. The van der Waals surface area contributed by atoms with Gasteiger partial charge in [-0.15, -0.1) is 0 Å². The van der Waals surface area contributed by atoms with Crippen LogP contribution in [-0.4, -0.2) is 15.5 Å². The van der Waals surface area contributed by atoms with Crippen molar-refractivity contribution in [1.29, 1.82) is 0 Å². The summed E-state index contributed by atoms with van der Waals surface area (Å²) in [7, 11) is 0. The molecule has 1 N–H and O–H groups in total. The number of nitrogens with zero attached hydrogens (tertiary/aromatic N) is 2. The Bertz CT molecular complexity index is 1060. The molecule has 2 heterocycles. The number of hydrogen-bond acceptors (Lipinski definition) is 3. The molecule has 3 rings (SSSR count). The molecule has 0 fully saturated rings. The van der Waals surface area contributed by atoms with E-state index in [1.807, 2.05) is 18.4 Å². The number of benzene rings is 1. The second-order valence-electron chi connectivity index (χ2n) is 6.30. The Morgan fingerprint density at radius 3 is 2.69 bits per heavy atom. The van der Waals surface area contributed by atoms with Crippen LogP contribution in [0, 0.1) is 19.7 Å². The summed E-state index contributed by atoms with van der Waals surface area (Å²) < 4.78 is 15.1. The summed E-state index contributed by atoms with van der Waals surface area (Å²) in [5.41, 5.74) is 2.12. The Kier molecular flexibility index (Phi) is 4.84. The van der Waals surface area contributed by atoms with Crippen molar-refractivity contribution in [1.82, 2.24) is 9.55 Å². The first-order chi connectivity index (χ1) is 12.4. The molecule has 0 spiro atoms. The highest BCUT2D eigenvalue weighted by Gasteiger charge is 2.17. The van der Waals surface area contributed by atoms with Crippen LogP contribution in [0.1, 0.15) is 35.0 Å². The van der Waals surface area contributed by atoms with Crippen LogP contribution >= 0.6 is 0 Å². The maximum absolute atomic E-state index is 13.2. The van der Waals surface area contributed by atoms with Crippen molar-refractivity contribution < 1.29 is 9.18 Å². The number of rotatable bonds is 4. The number of nitrogens with one attached hydrogen (secondary N) is 1. The molecule has 0 saturated carbocycles. The quantitative estimate of drug-likeness (QED) is 0.776. The molecule has 0 aliphatic rings. The molecule has 0 unspecified atom stereocenters. The van der Waals surface area contributed by atoms with Gasteiger partial charge in [0.25, 0.3) is 5.91 Å². The van der Waals surface area contributed by atoms with E-state index in [9.17, 15) is 14.0 Å². The van der Waals surface area contributed by atoms with E-state index < -0.39 is 5.91 Å². The normalized spacial score (nSPS) is 10.9. The molecule has 1 aromatic carbocycles. The Hall–Kier alpha value is -3.02. The van der Waals surface area contributed by atoms with Gasteiger partial charge in [-0.25, -0.2) is 9.37 Å². The lowest BCUT2D eigenvalue weighted by Crippen LogP contribution is -2.24. The molecule has 0 radical (unpaired) electrons. The van der Waals surface area contributed by atoms with Crippen molar-refractivity contribution >= 4 is 22.6 Å². The van der Waals surface area contributed by atoms with Gasteiger partial charge in [-0.05, 0) is 56.2 Å². The molecule has 134 valence electrons. The fourth-order valence-electron chi connectivity index (χ4n) is 2.89. The third-order valence-electron chi connectivity index (χ3n) is 4.21. The molecule has 3 aromatic rings. The highest BCUT2D eigenvalue weighted by atomic mass is 19.1. The van der Waals surface area contributed by atoms with Gasteiger partial charge < -0.3 is 9.88 Å². The maximum Gasteiger partial charge on any atom is 0.261 e. The lowest BCUT2D eigenvalue weighted by Gasteiger charge is -2.13. The minimum atomic E-state index is -0.517. The number of hydrogen-bond donors (Lipinski definition) is 1. The van der Waals surface area contributed by atoms with Crippen molar-refractivity contribution in [2.24, 2.45) is 0 Å². The Balaban J connectivity index is 2.09. The minimum absolute atomic E-state index is 0.0420. The lowest BCUT2D eigenvalue weighted by atomic mass is 10.1. The average Bonchev–Trinajstić information content (AvgIpc) is 2.59. The number of anilines is 1. The van der Waals surface area contributed by atoms with Crippen molar-refractivity contribution in [3.63, 3.8) is 0 Å². The van der Waals surface area contributed by atoms with E-state index in [1.54, 1.807) is 25.3 Å². The highest BCUT2D eigenvalue weighted by Crippen LogP contribution is 2.17. The molecule has 5 nitrogen and oxygen atoms in total. The summed E-state index contributed by atoms with van der Waals surface area (Å²) in [6, 6.07) is 7.54. The minimum Gasteiger partial charge on any atom is -0.331 e. The first-order valence-electron chi connectivity index (χ1n) is 8.49. The summed E-state index contributed by atoms with van der Waals surface area (Å²) in [6.07, 6.45) is 2.39. The van der Waals surface area contributed by atoms with Crippen molar-refractivity contribution in [2.75, 3.05) is 5.32 Å². The molecule has 0 aliphatic carbocycles. The van der Waals surface area contributed by atoms with Crippen molar-refractivity contribution in [2.45, 2.75) is 33.7 Å². The van der Waals surface area contributed by atoms with Crippen molar-refractivity contribution in [3.05, 3.63) is 69.4 Å². The number of pyridine rings is 2. The first kappa shape index (κ1) is 17.8. The molecule has 0 atom stereocenters. The van der Waals surface area contributed by atoms with E-state index in [4.69, 9.17) is 0 Å². The fraction of sp³-hybridized carbons (Fsp3) is 0.250. The SMILES string of the molecule is CCCn1cc(C(=O)Nc2ccc(F)cc2C)c(=O)c2ccc(C)nc21. The standard InChI is InChI=1S/C20H20FN3O2/c1-4-9-24-11-16(18(25)15-7-5-13(3)22-19(15)24)20(26)23-17-8-6-14(21)10-12(17)2/h5-8,10-11H,4,9H2,1-3H3,(H,23,26). The maximum atomic E-state index is 13.2. The second-order valence-corrected chi connectivity index (χ2v) is 6.30. The lowest BCUT2D eigenvalue weighted by molar-refractivity contribution is 0.102. The van der Waals surface area contributed by atoms with Gasteiger partial charge in [0.1, 0.15) is 17.0 Å². The van der Waals surface area contributed by atoms with Crippen LogP contribution in [0.25, 0.3) is 11.0 Å². The first-order valence-corrected chi connectivity index (χ1v) is 8.49. The molecular formula is C20H20FN3O2. The van der Waals surface area contributed by atoms with Crippen LogP contribution in [0.4, 0.5) is 10.1 Å². The number of halogens is 1. The number of fused-ring (bicyclic) bond motifs is 1. The van der Waals surface area contributed by atoms with Crippen LogP contribution in [-0.2, 0) is 6.54 Å². The number of aromatic nitrogens is 2. The van der Waals surface area contributed by atoms with Crippen LogP contribution in [0.2, 0.25) is 0 Å². The van der Waals surface area contributed by atoms with Gasteiger partial charge in [0.05, 0.1) is 5.39 Å². The summed E-state index contributed by atoms with van der Waals surface area (Å²) in [5.74, 6) is -0.894. The Morgan fingerprint density at radius 2 is 2.00 bits per heavy atom. The number of amides is 1. The second kappa shape index (κ2) is 7.07. The van der Waals surface area contributed by atoms with Gasteiger partial charge in [-0.1, -0.05) is 6.92 Å². The van der Waals surface area contributed by atoms with E-state index in [2.05, 4.69) is 10.3 Å². The summed E-state index contributed by atoms with van der Waals surface area (Å²) in [5, 5.41) is 3.11. The Labute approximate surface area is 150 Å². The molecule has 6 heteroatoms. The van der Waals surface area contributed by atoms with Gasteiger partial charge in [-0.2, -0.15) is 0 Å². The molecule has 2 aromatic heterocycles. The molecule has 0 bridgehead atoms. The zero-order valence-corrected chi connectivity index (χ0v) is 15.0. The predicted molar refractivity (Wildman–Crippen MR) is 100 cm³/mol. The highest BCUT2D eigenvalue weighted by molar-refractivity contribution is 6.05. The smallest absolute Gasteiger partial charge is 0.261 e. The summed E-state index contributed by atoms with van der Waals surface area (Å²) in [6.45, 7) is 6.21. The van der Waals surface area contributed by atoms with E-state index in [1.165, 1.54) is 18.2 Å². The summed E-state index contributed by atoms with van der Waals surface area (Å²) in [4.78, 5) is 29.9. The number of carbonyl (C=O) groups is 1. The van der Waals surface area contributed by atoms with Gasteiger partial charge in [0.2, 0.25) is 5.43 Å². The fourth-order valence-corrected chi connectivity index (χ4v) is 2.89. The molecule has 0 aliphatic heterocycles. The van der Waals surface area contributed by atoms with E-state index >= 15 is 0 Å². The van der Waals surface area contributed by atoms with Gasteiger partial charge >= 0.3 is 0 Å². The van der Waals surface area contributed by atoms with Crippen LogP contribution < -0.4 is 10.7 Å². The number of carbonyl (C=O) groups excluding carboxylic acids is 1. The summed E-state index contributed by atoms with van der Waals surface area (Å²) >= 11 is 0. The van der Waals surface area contributed by atoms with Gasteiger partial charge in [-0.3, -0.25) is 9.59 Å².